The van der Waals surface area contributed by atoms with E-state index in [-0.39, 0.29) is 5.91 Å². The van der Waals surface area contributed by atoms with Crippen LogP contribution in [0.25, 0.3) is 0 Å². The molecule has 0 aliphatic heterocycles. The molecule has 2 aromatic rings. The molecule has 0 spiro atoms. The van der Waals surface area contributed by atoms with E-state index in [0.29, 0.717) is 30.0 Å². The number of anilines is 2. The van der Waals surface area contributed by atoms with Crippen LogP contribution in [0, 0.1) is 11.6 Å². The molecule has 25 heavy (non-hydrogen) atoms. The van der Waals surface area contributed by atoms with Crippen LogP contribution >= 0.6 is 0 Å². The highest BCUT2D eigenvalue weighted by molar-refractivity contribution is 6.04. The number of rotatable bonds is 6. The normalized spacial score (nSPS) is 10.2. The predicted molar refractivity (Wildman–Crippen MR) is 90.8 cm³/mol. The Hall–Kier alpha value is -2.96. The molecule has 0 radical (unpaired) electrons. The molecular formula is C18H18F2N2O3. The Morgan fingerprint density at radius 3 is 2.52 bits per heavy atom. The second-order valence-electron chi connectivity index (χ2n) is 5.29. The summed E-state index contributed by atoms with van der Waals surface area (Å²) in [7, 11) is 1.42. The van der Waals surface area contributed by atoms with E-state index in [1.165, 1.54) is 19.2 Å². The molecule has 0 saturated carbocycles. The Morgan fingerprint density at radius 2 is 1.84 bits per heavy atom. The summed E-state index contributed by atoms with van der Waals surface area (Å²) >= 11 is 0. The molecule has 0 heterocycles. The standard InChI is InChI=1S/C18H18F2N2O3/c1-3-4-17(23)22-15-8-6-12(10-16(15)25-2)21-18(24)13-9-11(19)5-7-14(13)20/h5-10H,3-4H2,1-2H3,(H,21,24)(H,22,23). The van der Waals surface area contributed by atoms with Gasteiger partial charge < -0.3 is 15.4 Å². The number of amides is 2. The van der Waals surface area contributed by atoms with Crippen molar-refractivity contribution in [2.75, 3.05) is 17.7 Å². The van der Waals surface area contributed by atoms with Crippen LogP contribution in [0.3, 0.4) is 0 Å². The summed E-state index contributed by atoms with van der Waals surface area (Å²) in [6, 6.07) is 7.21. The van der Waals surface area contributed by atoms with E-state index in [9.17, 15) is 18.4 Å². The third-order valence-corrected chi connectivity index (χ3v) is 3.38. The summed E-state index contributed by atoms with van der Waals surface area (Å²) < 4.78 is 32.0. The maximum absolute atomic E-state index is 13.6. The van der Waals surface area contributed by atoms with Gasteiger partial charge in [0.15, 0.2) is 0 Å². The van der Waals surface area contributed by atoms with Gasteiger partial charge in [0, 0.05) is 18.2 Å². The summed E-state index contributed by atoms with van der Waals surface area (Å²) in [6.07, 6.45) is 1.09. The summed E-state index contributed by atoms with van der Waals surface area (Å²) in [5.41, 5.74) is 0.370. The summed E-state index contributed by atoms with van der Waals surface area (Å²) in [5, 5.41) is 5.17. The topological polar surface area (TPSA) is 67.4 Å². The van der Waals surface area contributed by atoms with E-state index in [0.717, 1.165) is 18.2 Å². The van der Waals surface area contributed by atoms with Crippen molar-refractivity contribution in [3.8, 4) is 5.75 Å². The van der Waals surface area contributed by atoms with E-state index in [4.69, 9.17) is 4.74 Å². The van der Waals surface area contributed by atoms with Crippen LogP contribution in [0.15, 0.2) is 36.4 Å². The zero-order valence-corrected chi connectivity index (χ0v) is 13.9. The molecule has 2 aromatic carbocycles. The molecule has 7 heteroatoms. The van der Waals surface area contributed by atoms with Gasteiger partial charge in [0.05, 0.1) is 18.4 Å². The molecule has 2 N–H and O–H groups in total. The molecule has 0 aliphatic carbocycles. The van der Waals surface area contributed by atoms with Crippen molar-refractivity contribution >= 4 is 23.2 Å². The smallest absolute Gasteiger partial charge is 0.258 e. The number of hydrogen-bond acceptors (Lipinski definition) is 3. The Labute approximate surface area is 144 Å². The Balaban J connectivity index is 2.18. The fourth-order valence-electron chi connectivity index (χ4n) is 2.18. The highest BCUT2D eigenvalue weighted by atomic mass is 19.1. The summed E-state index contributed by atoms with van der Waals surface area (Å²) in [6.45, 7) is 1.89. The number of methoxy groups -OCH3 is 1. The molecular weight excluding hydrogens is 330 g/mol. The highest BCUT2D eigenvalue weighted by Gasteiger charge is 2.14. The Bertz CT molecular complexity index is 794. The first-order valence-electron chi connectivity index (χ1n) is 7.69. The van der Waals surface area contributed by atoms with Crippen molar-refractivity contribution in [3.05, 3.63) is 53.6 Å². The third kappa shape index (κ3) is 4.76. The van der Waals surface area contributed by atoms with E-state index >= 15 is 0 Å². The first kappa shape index (κ1) is 18.4. The number of benzene rings is 2. The minimum Gasteiger partial charge on any atom is -0.494 e. The van der Waals surface area contributed by atoms with Crippen molar-refractivity contribution in [1.82, 2.24) is 0 Å². The number of carbonyl (C=O) groups excluding carboxylic acids is 2. The molecule has 2 rings (SSSR count). The van der Waals surface area contributed by atoms with Gasteiger partial charge in [-0.15, -0.1) is 0 Å². The Kier molecular flexibility index (Phi) is 6.05. The van der Waals surface area contributed by atoms with Crippen molar-refractivity contribution in [3.63, 3.8) is 0 Å². The first-order chi connectivity index (χ1) is 11.9. The lowest BCUT2D eigenvalue weighted by Crippen LogP contribution is -2.15. The van der Waals surface area contributed by atoms with Crippen molar-refractivity contribution < 1.29 is 23.1 Å². The lowest BCUT2D eigenvalue weighted by Gasteiger charge is -2.13. The van der Waals surface area contributed by atoms with Crippen molar-refractivity contribution in [1.29, 1.82) is 0 Å². The van der Waals surface area contributed by atoms with Gasteiger partial charge in [-0.3, -0.25) is 9.59 Å². The number of ether oxygens (including phenoxy) is 1. The number of nitrogens with one attached hydrogen (secondary N) is 2. The molecule has 0 aliphatic rings. The number of carbonyl (C=O) groups is 2. The second-order valence-corrected chi connectivity index (χ2v) is 5.29. The molecule has 0 bridgehead atoms. The fraction of sp³-hybridized carbons (Fsp3) is 0.222. The fourth-order valence-corrected chi connectivity index (χ4v) is 2.18. The molecule has 0 atom stereocenters. The lowest BCUT2D eigenvalue weighted by molar-refractivity contribution is -0.116. The molecule has 132 valence electrons. The van der Waals surface area contributed by atoms with Crippen LogP contribution in [0.1, 0.15) is 30.1 Å². The molecule has 2 amide bonds. The monoisotopic (exact) mass is 348 g/mol. The van der Waals surface area contributed by atoms with Gasteiger partial charge in [-0.1, -0.05) is 6.92 Å². The second kappa shape index (κ2) is 8.23. The molecule has 0 aromatic heterocycles. The largest absolute Gasteiger partial charge is 0.494 e. The van der Waals surface area contributed by atoms with E-state index in [1.54, 1.807) is 6.07 Å². The van der Waals surface area contributed by atoms with E-state index < -0.39 is 23.1 Å². The van der Waals surface area contributed by atoms with Crippen LogP contribution in [-0.4, -0.2) is 18.9 Å². The predicted octanol–water partition coefficient (Wildman–Crippen LogP) is 3.96. The van der Waals surface area contributed by atoms with E-state index in [2.05, 4.69) is 10.6 Å². The van der Waals surface area contributed by atoms with Crippen molar-refractivity contribution in [2.24, 2.45) is 0 Å². The molecule has 5 nitrogen and oxygen atoms in total. The molecule has 0 unspecified atom stereocenters. The van der Waals surface area contributed by atoms with E-state index in [1.807, 2.05) is 6.92 Å². The molecule has 0 saturated heterocycles. The minimum absolute atomic E-state index is 0.153. The lowest BCUT2D eigenvalue weighted by atomic mass is 10.1. The summed E-state index contributed by atoms with van der Waals surface area (Å²) in [5.74, 6) is -2.14. The Morgan fingerprint density at radius 1 is 1.08 bits per heavy atom. The van der Waals surface area contributed by atoms with Gasteiger partial charge in [0.1, 0.15) is 17.4 Å². The third-order valence-electron chi connectivity index (χ3n) is 3.38. The van der Waals surface area contributed by atoms with Crippen LogP contribution in [-0.2, 0) is 4.79 Å². The van der Waals surface area contributed by atoms with Crippen LogP contribution in [0.5, 0.6) is 5.75 Å². The SMILES string of the molecule is CCCC(=O)Nc1ccc(NC(=O)c2cc(F)ccc2F)cc1OC. The number of hydrogen-bond donors (Lipinski definition) is 2. The van der Waals surface area contributed by atoms with Gasteiger partial charge in [0.2, 0.25) is 5.91 Å². The van der Waals surface area contributed by atoms with Gasteiger partial charge in [-0.2, -0.15) is 0 Å². The minimum atomic E-state index is -0.825. The average Bonchev–Trinajstić information content (AvgIpc) is 2.58. The zero-order chi connectivity index (χ0) is 18.4. The molecule has 0 fully saturated rings. The maximum atomic E-state index is 13.6. The summed E-state index contributed by atoms with van der Waals surface area (Å²) in [4.78, 5) is 23.8. The number of halogens is 2. The highest BCUT2D eigenvalue weighted by Crippen LogP contribution is 2.28. The van der Waals surface area contributed by atoms with Crippen LogP contribution in [0.2, 0.25) is 0 Å². The van der Waals surface area contributed by atoms with Crippen LogP contribution in [0.4, 0.5) is 20.2 Å². The first-order valence-corrected chi connectivity index (χ1v) is 7.69. The van der Waals surface area contributed by atoms with Gasteiger partial charge in [-0.05, 0) is 36.8 Å². The van der Waals surface area contributed by atoms with Gasteiger partial charge in [0.25, 0.3) is 5.91 Å². The average molecular weight is 348 g/mol. The maximum Gasteiger partial charge on any atom is 0.258 e. The van der Waals surface area contributed by atoms with Gasteiger partial charge in [-0.25, -0.2) is 8.78 Å². The van der Waals surface area contributed by atoms with Crippen molar-refractivity contribution in [2.45, 2.75) is 19.8 Å². The zero-order valence-electron chi connectivity index (χ0n) is 13.9. The quantitative estimate of drug-likeness (QED) is 0.830. The van der Waals surface area contributed by atoms with Gasteiger partial charge >= 0.3 is 0 Å². The van der Waals surface area contributed by atoms with Crippen LogP contribution < -0.4 is 15.4 Å².